The third kappa shape index (κ3) is 3.35. The van der Waals surface area contributed by atoms with Crippen molar-refractivity contribution in [1.29, 1.82) is 0 Å². The predicted octanol–water partition coefficient (Wildman–Crippen LogP) is 4.38. The van der Waals surface area contributed by atoms with Crippen LogP contribution in [-0.4, -0.2) is 26.4 Å². The molecule has 2 heterocycles. The fourth-order valence-electron chi connectivity index (χ4n) is 4.71. The standard InChI is InChI=1S/C26H22N4O4/c1-16(2)28-21-12-6-4-9-17(21)19(26(28)32)15-24-27-20-11-5-3-10-18(20)25(31)29(24)22-13-7-8-14-23(22)30(33)34/h3-14,16,19H,15H2,1-2H3/t19-/m0/s1. The minimum atomic E-state index is -0.555. The summed E-state index contributed by atoms with van der Waals surface area (Å²) in [5, 5.41) is 12.1. The van der Waals surface area contributed by atoms with Crippen molar-refractivity contribution in [3.8, 4) is 5.69 Å². The van der Waals surface area contributed by atoms with Crippen molar-refractivity contribution in [2.75, 3.05) is 4.90 Å². The molecule has 8 nitrogen and oxygen atoms in total. The molecule has 0 bridgehead atoms. The third-order valence-electron chi connectivity index (χ3n) is 6.17. The van der Waals surface area contributed by atoms with Crippen LogP contribution in [0, 0.1) is 10.1 Å². The summed E-state index contributed by atoms with van der Waals surface area (Å²) in [6.45, 7) is 3.91. The van der Waals surface area contributed by atoms with Crippen molar-refractivity contribution in [3.05, 3.63) is 105 Å². The van der Waals surface area contributed by atoms with Crippen LogP contribution in [-0.2, 0) is 11.2 Å². The molecule has 0 saturated heterocycles. The summed E-state index contributed by atoms with van der Waals surface area (Å²) in [6.07, 6.45) is 0.130. The second-order valence-corrected chi connectivity index (χ2v) is 8.55. The topological polar surface area (TPSA) is 98.3 Å². The van der Waals surface area contributed by atoms with Crippen LogP contribution in [0.5, 0.6) is 0 Å². The van der Waals surface area contributed by atoms with Gasteiger partial charge >= 0.3 is 0 Å². The minimum Gasteiger partial charge on any atom is -0.309 e. The average molecular weight is 454 g/mol. The van der Waals surface area contributed by atoms with Crippen LogP contribution < -0.4 is 10.5 Å². The van der Waals surface area contributed by atoms with Gasteiger partial charge in [-0.25, -0.2) is 4.98 Å². The van der Waals surface area contributed by atoms with Crippen LogP contribution in [0.2, 0.25) is 0 Å². The number of anilines is 1. The van der Waals surface area contributed by atoms with Gasteiger partial charge in [0, 0.05) is 24.2 Å². The number of nitro benzene ring substituents is 1. The zero-order valence-corrected chi connectivity index (χ0v) is 18.7. The van der Waals surface area contributed by atoms with Crippen molar-refractivity contribution >= 4 is 28.2 Å². The van der Waals surface area contributed by atoms with Crippen molar-refractivity contribution < 1.29 is 9.72 Å². The molecule has 8 heteroatoms. The first-order chi connectivity index (χ1) is 16.4. The molecule has 0 aliphatic carbocycles. The van der Waals surface area contributed by atoms with E-state index in [4.69, 9.17) is 4.98 Å². The lowest BCUT2D eigenvalue weighted by molar-refractivity contribution is -0.384. The Morgan fingerprint density at radius 1 is 0.941 bits per heavy atom. The molecule has 0 fully saturated rings. The van der Waals surface area contributed by atoms with Gasteiger partial charge in [-0.05, 0) is 43.7 Å². The lowest BCUT2D eigenvalue weighted by Gasteiger charge is -2.22. The number of benzene rings is 3. The highest BCUT2D eigenvalue weighted by atomic mass is 16.6. The summed E-state index contributed by atoms with van der Waals surface area (Å²) in [5.74, 6) is -0.329. The Hall–Kier alpha value is -4.33. The number of amides is 1. The first-order valence-corrected chi connectivity index (χ1v) is 11.0. The average Bonchev–Trinajstić information content (AvgIpc) is 3.11. The SMILES string of the molecule is CC(C)N1C(=O)[C@@H](Cc2nc3ccccc3c(=O)n2-c2ccccc2[N+](=O)[O-])c2ccccc21. The number of carbonyl (C=O) groups is 1. The minimum absolute atomic E-state index is 0.0411. The molecule has 1 amide bonds. The van der Waals surface area contributed by atoms with Gasteiger partial charge < -0.3 is 4.90 Å². The van der Waals surface area contributed by atoms with Gasteiger partial charge in [-0.1, -0.05) is 42.5 Å². The molecule has 1 aromatic heterocycles. The molecule has 1 atom stereocenters. The highest BCUT2D eigenvalue weighted by Crippen LogP contribution is 2.40. The maximum atomic E-state index is 13.6. The summed E-state index contributed by atoms with van der Waals surface area (Å²) < 4.78 is 1.29. The molecule has 1 aliphatic rings. The summed E-state index contributed by atoms with van der Waals surface area (Å²) in [4.78, 5) is 44.8. The van der Waals surface area contributed by atoms with Crippen molar-refractivity contribution in [2.24, 2.45) is 0 Å². The highest BCUT2D eigenvalue weighted by Gasteiger charge is 2.39. The number of nitrogens with zero attached hydrogens (tertiary/aromatic N) is 4. The highest BCUT2D eigenvalue weighted by molar-refractivity contribution is 6.05. The smallest absolute Gasteiger partial charge is 0.293 e. The van der Waals surface area contributed by atoms with Gasteiger partial charge in [-0.3, -0.25) is 24.3 Å². The molecule has 0 saturated carbocycles. The molecule has 170 valence electrons. The molecule has 0 radical (unpaired) electrons. The van der Waals surface area contributed by atoms with E-state index in [2.05, 4.69) is 0 Å². The number of rotatable bonds is 5. The molecule has 4 aromatic rings. The zero-order chi connectivity index (χ0) is 24.0. The summed E-state index contributed by atoms with van der Waals surface area (Å²) in [6, 6.07) is 20.5. The van der Waals surface area contributed by atoms with Gasteiger partial charge in [0.25, 0.3) is 11.2 Å². The fraction of sp³-hybridized carbons (Fsp3) is 0.192. The van der Waals surface area contributed by atoms with E-state index < -0.39 is 16.4 Å². The van der Waals surface area contributed by atoms with Crippen molar-refractivity contribution in [2.45, 2.75) is 32.2 Å². The van der Waals surface area contributed by atoms with E-state index in [0.29, 0.717) is 16.7 Å². The van der Waals surface area contributed by atoms with E-state index in [9.17, 15) is 19.7 Å². The van der Waals surface area contributed by atoms with E-state index >= 15 is 0 Å². The Bertz CT molecular complexity index is 1510. The van der Waals surface area contributed by atoms with Crippen LogP contribution in [0.1, 0.15) is 31.2 Å². The lowest BCUT2D eigenvalue weighted by Crippen LogP contribution is -2.36. The van der Waals surface area contributed by atoms with Crippen molar-refractivity contribution in [3.63, 3.8) is 0 Å². The lowest BCUT2D eigenvalue weighted by atomic mass is 9.96. The quantitative estimate of drug-likeness (QED) is 0.329. The van der Waals surface area contributed by atoms with Gasteiger partial charge in [0.05, 0.1) is 21.7 Å². The van der Waals surface area contributed by atoms with E-state index in [1.165, 1.54) is 16.7 Å². The Morgan fingerprint density at radius 2 is 1.59 bits per heavy atom. The van der Waals surface area contributed by atoms with Gasteiger partial charge in [0.2, 0.25) is 5.91 Å². The van der Waals surface area contributed by atoms with Gasteiger partial charge in [-0.15, -0.1) is 0 Å². The Kier molecular flexibility index (Phi) is 5.20. The van der Waals surface area contributed by atoms with Gasteiger partial charge in [0.1, 0.15) is 11.5 Å². The zero-order valence-electron chi connectivity index (χ0n) is 18.7. The van der Waals surface area contributed by atoms with E-state index in [0.717, 1.165) is 11.3 Å². The van der Waals surface area contributed by atoms with Crippen LogP contribution in [0.3, 0.4) is 0 Å². The maximum Gasteiger partial charge on any atom is 0.293 e. The summed E-state index contributed by atoms with van der Waals surface area (Å²) >= 11 is 0. The number of hydrogen-bond acceptors (Lipinski definition) is 5. The van der Waals surface area contributed by atoms with E-state index in [1.54, 1.807) is 41.3 Å². The molecule has 3 aromatic carbocycles. The monoisotopic (exact) mass is 454 g/mol. The predicted molar refractivity (Wildman–Crippen MR) is 130 cm³/mol. The Labute approximate surface area is 195 Å². The third-order valence-corrected chi connectivity index (χ3v) is 6.17. The van der Waals surface area contributed by atoms with E-state index in [-0.39, 0.29) is 29.7 Å². The van der Waals surface area contributed by atoms with Crippen LogP contribution in [0.25, 0.3) is 16.6 Å². The molecule has 34 heavy (non-hydrogen) atoms. The second-order valence-electron chi connectivity index (χ2n) is 8.55. The number of para-hydroxylation sites is 4. The number of fused-ring (bicyclic) bond motifs is 2. The Morgan fingerprint density at radius 3 is 2.32 bits per heavy atom. The normalized spacial score (nSPS) is 15.2. The number of nitro groups is 1. The van der Waals surface area contributed by atoms with Gasteiger partial charge in [-0.2, -0.15) is 0 Å². The maximum absolute atomic E-state index is 13.6. The largest absolute Gasteiger partial charge is 0.309 e. The fourth-order valence-corrected chi connectivity index (χ4v) is 4.71. The first kappa shape index (κ1) is 21.5. The summed E-state index contributed by atoms with van der Waals surface area (Å²) in [7, 11) is 0. The van der Waals surface area contributed by atoms with Crippen LogP contribution in [0.4, 0.5) is 11.4 Å². The molecule has 0 spiro atoms. The molecule has 0 unspecified atom stereocenters. The first-order valence-electron chi connectivity index (χ1n) is 11.0. The Balaban J connectivity index is 1.74. The summed E-state index contributed by atoms with van der Waals surface area (Å²) in [5.41, 5.74) is 1.70. The van der Waals surface area contributed by atoms with Crippen molar-refractivity contribution in [1.82, 2.24) is 9.55 Å². The molecule has 5 rings (SSSR count). The van der Waals surface area contributed by atoms with E-state index in [1.807, 2.05) is 38.1 Å². The number of hydrogen-bond donors (Lipinski definition) is 0. The molecular formula is C26H22N4O4. The van der Waals surface area contributed by atoms with Gasteiger partial charge in [0.15, 0.2) is 0 Å². The van der Waals surface area contributed by atoms with Crippen LogP contribution >= 0.6 is 0 Å². The number of carbonyl (C=O) groups excluding carboxylic acids is 1. The second kappa shape index (κ2) is 8.22. The molecule has 1 aliphatic heterocycles. The molecule has 0 N–H and O–H groups in total. The van der Waals surface area contributed by atoms with Crippen LogP contribution in [0.15, 0.2) is 77.6 Å². The molecular weight excluding hydrogens is 432 g/mol. The number of aromatic nitrogens is 2.